The van der Waals surface area contributed by atoms with Crippen LogP contribution in [0.5, 0.6) is 5.75 Å². The van der Waals surface area contributed by atoms with Gasteiger partial charge in [0.05, 0.1) is 6.54 Å². The molecule has 1 fully saturated rings. The van der Waals surface area contributed by atoms with E-state index in [0.29, 0.717) is 4.90 Å². The van der Waals surface area contributed by atoms with Crippen LogP contribution >= 0.6 is 0 Å². The molecule has 1 N–H and O–H groups in total. The summed E-state index contributed by atoms with van der Waals surface area (Å²) in [6.45, 7) is 7.18. The molecule has 0 unspecified atom stereocenters. The summed E-state index contributed by atoms with van der Waals surface area (Å²) in [7, 11) is 0. The van der Waals surface area contributed by atoms with Crippen molar-refractivity contribution in [1.29, 1.82) is 0 Å². The highest BCUT2D eigenvalue weighted by Crippen LogP contribution is 2.18. The van der Waals surface area contributed by atoms with Gasteiger partial charge in [0, 0.05) is 6.54 Å². The van der Waals surface area contributed by atoms with E-state index < -0.39 is 30.3 Å². The van der Waals surface area contributed by atoms with E-state index in [-0.39, 0.29) is 19.7 Å². The number of aryl methyl sites for hydroxylation is 2. The highest BCUT2D eigenvalue weighted by molar-refractivity contribution is 6.45. The molecule has 1 aliphatic heterocycles. The van der Waals surface area contributed by atoms with Gasteiger partial charge in [-0.05, 0) is 25.5 Å². The summed E-state index contributed by atoms with van der Waals surface area (Å²) >= 11 is 0. The van der Waals surface area contributed by atoms with Crippen LogP contribution in [0.25, 0.3) is 0 Å². The molecule has 8 heteroatoms. The van der Waals surface area contributed by atoms with Gasteiger partial charge in [-0.3, -0.25) is 19.3 Å². The number of amides is 5. The maximum absolute atomic E-state index is 12.0. The van der Waals surface area contributed by atoms with Gasteiger partial charge in [0.25, 0.3) is 0 Å². The average Bonchev–Trinajstić information content (AvgIpc) is 2.78. The second kappa shape index (κ2) is 8.28. The zero-order chi connectivity index (χ0) is 19.3. The smallest absolute Gasteiger partial charge is 0.335 e. The van der Waals surface area contributed by atoms with E-state index in [9.17, 15) is 19.2 Å². The largest absolute Gasteiger partial charge is 0.491 e. The Balaban J connectivity index is 1.80. The van der Waals surface area contributed by atoms with E-state index in [1.165, 1.54) is 6.08 Å². The summed E-state index contributed by atoms with van der Waals surface area (Å²) in [6, 6.07) is 4.96. The van der Waals surface area contributed by atoms with Gasteiger partial charge in [-0.25, -0.2) is 9.69 Å². The maximum atomic E-state index is 12.0. The van der Waals surface area contributed by atoms with Crippen molar-refractivity contribution in [3.63, 3.8) is 0 Å². The number of hydrogen-bond donors (Lipinski definition) is 1. The molecule has 5 amide bonds. The Kier molecular flexibility index (Phi) is 6.11. The molecule has 26 heavy (non-hydrogen) atoms. The van der Waals surface area contributed by atoms with Gasteiger partial charge < -0.3 is 10.1 Å². The predicted molar refractivity (Wildman–Crippen MR) is 93.4 cm³/mol. The van der Waals surface area contributed by atoms with Crippen molar-refractivity contribution >= 4 is 23.8 Å². The molecule has 2 rings (SSSR count). The first kappa shape index (κ1) is 19.2. The molecule has 8 nitrogen and oxygen atoms in total. The molecule has 0 saturated carbocycles. The van der Waals surface area contributed by atoms with E-state index in [1.807, 2.05) is 32.0 Å². The fourth-order valence-corrected chi connectivity index (χ4v) is 2.49. The quantitative estimate of drug-likeness (QED) is 0.320. The lowest BCUT2D eigenvalue weighted by Gasteiger charge is -2.14. The van der Waals surface area contributed by atoms with Gasteiger partial charge in [0.15, 0.2) is 0 Å². The molecule has 0 atom stereocenters. The number of urea groups is 1. The molecule has 0 spiro atoms. The highest BCUT2D eigenvalue weighted by atomic mass is 16.5. The number of hydrogen-bond acceptors (Lipinski definition) is 5. The number of rotatable bonds is 8. The first-order chi connectivity index (χ1) is 12.3. The normalized spacial score (nSPS) is 14.0. The predicted octanol–water partition coefficient (Wildman–Crippen LogP) is 0.775. The second-order valence-electron chi connectivity index (χ2n) is 5.85. The van der Waals surface area contributed by atoms with Crippen LogP contribution in [0.15, 0.2) is 30.9 Å². The number of carbonyl (C=O) groups excluding carboxylic acids is 4. The molecule has 1 heterocycles. The number of ether oxygens (including phenoxy) is 1. The molecule has 0 aliphatic carbocycles. The summed E-state index contributed by atoms with van der Waals surface area (Å²) in [5.41, 5.74) is 2.12. The number of nitrogens with zero attached hydrogens (tertiary/aromatic N) is 2. The van der Waals surface area contributed by atoms with E-state index in [0.717, 1.165) is 21.8 Å². The lowest BCUT2D eigenvalue weighted by Crippen LogP contribution is -2.42. The lowest BCUT2D eigenvalue weighted by atomic mass is 10.1. The third kappa shape index (κ3) is 4.27. The minimum absolute atomic E-state index is 0.0781. The number of imide groups is 2. The number of carbonyl (C=O) groups is 4. The van der Waals surface area contributed by atoms with E-state index in [1.54, 1.807) is 0 Å². The van der Waals surface area contributed by atoms with Crippen LogP contribution in [0.3, 0.4) is 0 Å². The molecule has 1 aliphatic rings. The third-order valence-electron chi connectivity index (χ3n) is 3.76. The van der Waals surface area contributed by atoms with Gasteiger partial charge in [0.1, 0.15) is 18.9 Å². The maximum Gasteiger partial charge on any atom is 0.335 e. The van der Waals surface area contributed by atoms with Crippen molar-refractivity contribution in [2.24, 2.45) is 0 Å². The van der Waals surface area contributed by atoms with Crippen LogP contribution in [-0.2, 0) is 14.4 Å². The first-order valence-corrected chi connectivity index (χ1v) is 8.10. The third-order valence-corrected chi connectivity index (χ3v) is 3.76. The van der Waals surface area contributed by atoms with Crippen LogP contribution in [0.4, 0.5) is 4.79 Å². The van der Waals surface area contributed by atoms with Crippen LogP contribution in [-0.4, -0.2) is 59.8 Å². The number of nitrogens with one attached hydrogen (secondary N) is 1. The van der Waals surface area contributed by atoms with Crippen LogP contribution in [0.2, 0.25) is 0 Å². The fraction of sp³-hybridized carbons (Fsp3) is 0.333. The monoisotopic (exact) mass is 359 g/mol. The zero-order valence-electron chi connectivity index (χ0n) is 14.8. The molecule has 138 valence electrons. The van der Waals surface area contributed by atoms with Gasteiger partial charge in [0.2, 0.25) is 5.91 Å². The van der Waals surface area contributed by atoms with Crippen molar-refractivity contribution in [3.8, 4) is 5.75 Å². The SMILES string of the molecule is C=CCN1C(=O)C(=O)N(CC(=O)NCCOc2ccc(C)cc2C)C1=O. The molecule has 0 bridgehead atoms. The molecule has 1 aromatic rings. The number of benzene rings is 1. The van der Waals surface area contributed by atoms with Gasteiger partial charge in [-0.1, -0.05) is 23.8 Å². The molecular formula is C18H21N3O5. The minimum atomic E-state index is -1.02. The van der Waals surface area contributed by atoms with Crippen LogP contribution in [0.1, 0.15) is 11.1 Å². The molecule has 1 saturated heterocycles. The van der Waals surface area contributed by atoms with Crippen molar-refractivity contribution < 1.29 is 23.9 Å². The summed E-state index contributed by atoms with van der Waals surface area (Å²) in [6.07, 6.45) is 1.33. The summed E-state index contributed by atoms with van der Waals surface area (Å²) in [5.74, 6) is -1.80. The average molecular weight is 359 g/mol. The molecule has 0 aromatic heterocycles. The Labute approximate surface area is 151 Å². The van der Waals surface area contributed by atoms with Crippen LogP contribution < -0.4 is 10.1 Å². The van der Waals surface area contributed by atoms with E-state index in [2.05, 4.69) is 11.9 Å². The lowest BCUT2D eigenvalue weighted by molar-refractivity contribution is -0.143. The zero-order valence-corrected chi connectivity index (χ0v) is 14.8. The summed E-state index contributed by atoms with van der Waals surface area (Å²) in [5, 5.41) is 2.55. The first-order valence-electron chi connectivity index (χ1n) is 8.10. The Hall–Kier alpha value is -3.16. The second-order valence-corrected chi connectivity index (χ2v) is 5.85. The van der Waals surface area contributed by atoms with E-state index in [4.69, 9.17) is 4.74 Å². The van der Waals surface area contributed by atoms with Crippen molar-refractivity contribution in [1.82, 2.24) is 15.1 Å². The van der Waals surface area contributed by atoms with Crippen molar-refractivity contribution in [2.75, 3.05) is 26.2 Å². The molecular weight excluding hydrogens is 338 g/mol. The Bertz CT molecular complexity index is 759. The van der Waals surface area contributed by atoms with E-state index >= 15 is 0 Å². The topological polar surface area (TPSA) is 96.0 Å². The summed E-state index contributed by atoms with van der Waals surface area (Å²) < 4.78 is 5.58. The van der Waals surface area contributed by atoms with Gasteiger partial charge in [-0.2, -0.15) is 0 Å². The fourth-order valence-electron chi connectivity index (χ4n) is 2.49. The Morgan fingerprint density at radius 2 is 1.88 bits per heavy atom. The van der Waals surface area contributed by atoms with Gasteiger partial charge >= 0.3 is 17.8 Å². The van der Waals surface area contributed by atoms with Crippen molar-refractivity contribution in [2.45, 2.75) is 13.8 Å². The summed E-state index contributed by atoms with van der Waals surface area (Å²) in [4.78, 5) is 48.7. The molecule has 0 radical (unpaired) electrons. The molecule has 1 aromatic carbocycles. The Morgan fingerprint density at radius 1 is 1.19 bits per heavy atom. The Morgan fingerprint density at radius 3 is 2.54 bits per heavy atom. The van der Waals surface area contributed by atoms with Gasteiger partial charge in [-0.15, -0.1) is 6.58 Å². The van der Waals surface area contributed by atoms with Crippen LogP contribution in [0, 0.1) is 13.8 Å². The highest BCUT2D eigenvalue weighted by Gasteiger charge is 2.44. The minimum Gasteiger partial charge on any atom is -0.491 e. The standard InChI is InChI=1S/C18H21N3O5/c1-4-8-20-16(23)17(24)21(18(20)25)11-15(22)19-7-9-26-14-6-5-12(2)10-13(14)3/h4-6,10H,1,7-9,11H2,2-3H3,(H,19,22). The van der Waals surface area contributed by atoms with Crippen molar-refractivity contribution in [3.05, 3.63) is 42.0 Å².